The summed E-state index contributed by atoms with van der Waals surface area (Å²) in [6, 6.07) is 13.8. The summed E-state index contributed by atoms with van der Waals surface area (Å²) in [7, 11) is 1.65. The lowest BCUT2D eigenvalue weighted by Gasteiger charge is -2.26. The van der Waals surface area contributed by atoms with Crippen LogP contribution >= 0.6 is 0 Å². The number of carbonyl (C=O) groups excluding carboxylic acids is 1. The maximum absolute atomic E-state index is 12.7. The van der Waals surface area contributed by atoms with E-state index in [-0.39, 0.29) is 12.5 Å². The SMILES string of the molecule is COc1ccc(-c2cc3cccnc3n2CC(=O)NCCN2CCOCC2)cc1. The zero-order valence-electron chi connectivity index (χ0n) is 16.6. The van der Waals surface area contributed by atoms with Gasteiger partial charge < -0.3 is 19.4 Å². The molecule has 4 rings (SSSR count). The average molecular weight is 394 g/mol. The second-order valence-electron chi connectivity index (χ2n) is 7.06. The summed E-state index contributed by atoms with van der Waals surface area (Å²) < 4.78 is 12.6. The summed E-state index contributed by atoms with van der Waals surface area (Å²) in [6.07, 6.45) is 1.76. The average Bonchev–Trinajstić information content (AvgIpc) is 3.13. The maximum Gasteiger partial charge on any atom is 0.240 e. The molecule has 1 N–H and O–H groups in total. The second kappa shape index (κ2) is 9.07. The van der Waals surface area contributed by atoms with Gasteiger partial charge in [0.2, 0.25) is 5.91 Å². The molecule has 29 heavy (non-hydrogen) atoms. The predicted octanol–water partition coefficient (Wildman–Crippen LogP) is 2.16. The van der Waals surface area contributed by atoms with Crippen LogP contribution in [0, 0.1) is 0 Å². The molecule has 7 heteroatoms. The molecule has 7 nitrogen and oxygen atoms in total. The number of nitrogens with zero attached hydrogens (tertiary/aromatic N) is 3. The highest BCUT2D eigenvalue weighted by atomic mass is 16.5. The smallest absolute Gasteiger partial charge is 0.240 e. The molecule has 1 aliphatic heterocycles. The molecule has 1 aliphatic rings. The maximum atomic E-state index is 12.7. The number of amides is 1. The molecule has 1 saturated heterocycles. The normalized spacial score (nSPS) is 14.8. The van der Waals surface area contributed by atoms with Crippen LogP contribution in [0.1, 0.15) is 0 Å². The summed E-state index contributed by atoms with van der Waals surface area (Å²) in [5, 5.41) is 4.05. The van der Waals surface area contributed by atoms with Gasteiger partial charge in [0, 0.05) is 37.8 Å². The van der Waals surface area contributed by atoms with Gasteiger partial charge in [-0.3, -0.25) is 9.69 Å². The molecule has 1 aromatic carbocycles. The summed E-state index contributed by atoms with van der Waals surface area (Å²) in [4.78, 5) is 19.5. The molecule has 0 bridgehead atoms. The van der Waals surface area contributed by atoms with E-state index in [9.17, 15) is 4.79 Å². The fourth-order valence-corrected chi connectivity index (χ4v) is 3.63. The first-order chi connectivity index (χ1) is 14.2. The number of benzene rings is 1. The number of ether oxygens (including phenoxy) is 2. The Balaban J connectivity index is 1.49. The van der Waals surface area contributed by atoms with Gasteiger partial charge in [-0.05, 0) is 48.0 Å². The minimum atomic E-state index is -0.0174. The molecule has 3 aromatic rings. The van der Waals surface area contributed by atoms with E-state index >= 15 is 0 Å². The first-order valence-electron chi connectivity index (χ1n) is 9.90. The van der Waals surface area contributed by atoms with Gasteiger partial charge in [-0.25, -0.2) is 4.98 Å². The van der Waals surface area contributed by atoms with Crippen LogP contribution in [-0.4, -0.2) is 66.9 Å². The van der Waals surface area contributed by atoms with Gasteiger partial charge in [0.1, 0.15) is 17.9 Å². The Hall–Kier alpha value is -2.90. The van der Waals surface area contributed by atoms with Crippen molar-refractivity contribution in [1.82, 2.24) is 19.8 Å². The van der Waals surface area contributed by atoms with Crippen LogP contribution in [0.3, 0.4) is 0 Å². The lowest BCUT2D eigenvalue weighted by atomic mass is 10.1. The third kappa shape index (κ3) is 4.58. The van der Waals surface area contributed by atoms with E-state index in [1.54, 1.807) is 13.3 Å². The van der Waals surface area contributed by atoms with E-state index in [4.69, 9.17) is 9.47 Å². The summed E-state index contributed by atoms with van der Waals surface area (Å²) in [5.41, 5.74) is 2.79. The number of methoxy groups -OCH3 is 1. The van der Waals surface area contributed by atoms with E-state index < -0.39 is 0 Å². The molecule has 1 fully saturated rings. The van der Waals surface area contributed by atoms with Crippen molar-refractivity contribution in [2.45, 2.75) is 6.54 Å². The number of hydrogen-bond acceptors (Lipinski definition) is 5. The Kier molecular flexibility index (Phi) is 6.07. The van der Waals surface area contributed by atoms with Crippen molar-refractivity contribution < 1.29 is 14.3 Å². The topological polar surface area (TPSA) is 68.6 Å². The minimum absolute atomic E-state index is 0.0174. The lowest BCUT2D eigenvalue weighted by Crippen LogP contribution is -2.41. The van der Waals surface area contributed by atoms with Gasteiger partial charge in [0.25, 0.3) is 0 Å². The quantitative estimate of drug-likeness (QED) is 0.665. The monoisotopic (exact) mass is 394 g/mol. The minimum Gasteiger partial charge on any atom is -0.497 e. The molecule has 0 saturated carbocycles. The first kappa shape index (κ1) is 19.4. The lowest BCUT2D eigenvalue weighted by molar-refractivity contribution is -0.121. The van der Waals surface area contributed by atoms with Crippen LogP contribution in [0.5, 0.6) is 5.75 Å². The van der Waals surface area contributed by atoms with Gasteiger partial charge in [0.05, 0.1) is 26.0 Å². The van der Waals surface area contributed by atoms with Crippen LogP contribution in [0.4, 0.5) is 0 Å². The van der Waals surface area contributed by atoms with Crippen LogP contribution in [-0.2, 0) is 16.1 Å². The van der Waals surface area contributed by atoms with Gasteiger partial charge in [-0.2, -0.15) is 0 Å². The molecular formula is C22H26N4O3. The fourth-order valence-electron chi connectivity index (χ4n) is 3.63. The molecule has 0 unspecified atom stereocenters. The van der Waals surface area contributed by atoms with Crippen LogP contribution in [0.25, 0.3) is 22.3 Å². The molecule has 0 spiro atoms. The molecular weight excluding hydrogens is 368 g/mol. The van der Waals surface area contributed by atoms with Crippen molar-refractivity contribution in [3.05, 3.63) is 48.7 Å². The highest BCUT2D eigenvalue weighted by Gasteiger charge is 2.15. The number of morpholine rings is 1. The van der Waals surface area contributed by atoms with Crippen LogP contribution < -0.4 is 10.1 Å². The molecule has 0 radical (unpaired) electrons. The van der Waals surface area contributed by atoms with Gasteiger partial charge in [0.15, 0.2) is 0 Å². The second-order valence-corrected chi connectivity index (χ2v) is 7.06. The van der Waals surface area contributed by atoms with E-state index in [1.807, 2.05) is 41.0 Å². The van der Waals surface area contributed by atoms with Crippen molar-refractivity contribution in [3.63, 3.8) is 0 Å². The van der Waals surface area contributed by atoms with Crippen molar-refractivity contribution in [3.8, 4) is 17.0 Å². The first-order valence-corrected chi connectivity index (χ1v) is 9.90. The standard InChI is InChI=1S/C22H26N4O3/c1-28-19-6-4-17(5-7-19)20-15-18-3-2-8-24-22(18)26(20)16-21(27)23-9-10-25-11-13-29-14-12-25/h2-8,15H,9-14,16H2,1H3,(H,23,27). The Morgan fingerprint density at radius 1 is 1.21 bits per heavy atom. The predicted molar refractivity (Wildman–Crippen MR) is 112 cm³/mol. The number of pyridine rings is 1. The molecule has 3 heterocycles. The number of fused-ring (bicyclic) bond motifs is 1. The highest BCUT2D eigenvalue weighted by Crippen LogP contribution is 2.28. The van der Waals surface area contributed by atoms with Gasteiger partial charge >= 0.3 is 0 Å². The summed E-state index contributed by atoms with van der Waals surface area (Å²) in [6.45, 7) is 5.06. The molecule has 1 amide bonds. The third-order valence-corrected chi connectivity index (χ3v) is 5.20. The van der Waals surface area contributed by atoms with Crippen molar-refractivity contribution in [2.24, 2.45) is 0 Å². The summed E-state index contributed by atoms with van der Waals surface area (Å²) in [5.74, 6) is 0.784. The van der Waals surface area contributed by atoms with Crippen molar-refractivity contribution >= 4 is 16.9 Å². The highest BCUT2D eigenvalue weighted by molar-refractivity contribution is 5.87. The number of nitrogens with one attached hydrogen (secondary N) is 1. The number of aromatic nitrogens is 2. The van der Waals surface area contributed by atoms with Crippen LogP contribution in [0.2, 0.25) is 0 Å². The fraction of sp³-hybridized carbons (Fsp3) is 0.364. The summed E-state index contributed by atoms with van der Waals surface area (Å²) >= 11 is 0. The van der Waals surface area contributed by atoms with Crippen LogP contribution in [0.15, 0.2) is 48.7 Å². The van der Waals surface area contributed by atoms with E-state index in [0.717, 1.165) is 60.9 Å². The largest absolute Gasteiger partial charge is 0.497 e. The number of hydrogen-bond donors (Lipinski definition) is 1. The Labute approximate surface area is 170 Å². The Bertz CT molecular complexity index is 962. The Morgan fingerprint density at radius 2 is 2.00 bits per heavy atom. The molecule has 0 atom stereocenters. The third-order valence-electron chi connectivity index (χ3n) is 5.20. The van der Waals surface area contributed by atoms with Gasteiger partial charge in [-0.15, -0.1) is 0 Å². The molecule has 152 valence electrons. The molecule has 0 aliphatic carbocycles. The molecule has 2 aromatic heterocycles. The Morgan fingerprint density at radius 3 is 2.76 bits per heavy atom. The van der Waals surface area contributed by atoms with E-state index in [1.165, 1.54) is 0 Å². The van der Waals surface area contributed by atoms with Crippen molar-refractivity contribution in [2.75, 3.05) is 46.5 Å². The number of carbonyl (C=O) groups is 1. The zero-order chi connectivity index (χ0) is 20.1. The van der Waals surface area contributed by atoms with E-state index in [0.29, 0.717) is 6.54 Å². The number of rotatable bonds is 7. The van der Waals surface area contributed by atoms with Gasteiger partial charge in [-0.1, -0.05) is 0 Å². The zero-order valence-corrected chi connectivity index (χ0v) is 16.6. The van der Waals surface area contributed by atoms with Crippen molar-refractivity contribution in [1.29, 1.82) is 0 Å². The van der Waals surface area contributed by atoms with E-state index in [2.05, 4.69) is 21.3 Å².